The highest BCUT2D eigenvalue weighted by molar-refractivity contribution is 7.71. The summed E-state index contributed by atoms with van der Waals surface area (Å²) in [6.45, 7) is 4.24. The van der Waals surface area contributed by atoms with Gasteiger partial charge in [-0.3, -0.25) is 9.88 Å². The summed E-state index contributed by atoms with van der Waals surface area (Å²) in [6.07, 6.45) is 3.65. The lowest BCUT2D eigenvalue weighted by Gasteiger charge is -2.37. The van der Waals surface area contributed by atoms with Crippen LogP contribution in [0, 0.1) is 4.77 Å². The highest BCUT2D eigenvalue weighted by Crippen LogP contribution is 2.15. The lowest BCUT2D eigenvalue weighted by atomic mass is 10.2. The SMILES string of the molecule is CN1CCN(C)C(Cn2c(=S)[nH]c3cnccc32)C1. The molecule has 19 heavy (non-hydrogen) atoms. The van der Waals surface area contributed by atoms with Crippen molar-refractivity contribution in [3.05, 3.63) is 23.2 Å². The van der Waals surface area contributed by atoms with Gasteiger partial charge in [-0.2, -0.15) is 0 Å². The van der Waals surface area contributed by atoms with Gasteiger partial charge in [0.05, 0.1) is 17.2 Å². The summed E-state index contributed by atoms with van der Waals surface area (Å²) in [5.41, 5.74) is 2.15. The van der Waals surface area contributed by atoms with E-state index in [4.69, 9.17) is 12.2 Å². The van der Waals surface area contributed by atoms with Crippen molar-refractivity contribution in [1.29, 1.82) is 0 Å². The van der Waals surface area contributed by atoms with Crippen LogP contribution in [-0.2, 0) is 6.54 Å². The molecule has 2 aromatic heterocycles. The topological polar surface area (TPSA) is 40.1 Å². The van der Waals surface area contributed by atoms with Crippen LogP contribution in [0.1, 0.15) is 0 Å². The summed E-state index contributed by atoms with van der Waals surface area (Å²) >= 11 is 5.44. The number of piperazine rings is 1. The average molecular weight is 277 g/mol. The van der Waals surface area contributed by atoms with Crippen LogP contribution in [-0.4, -0.2) is 64.1 Å². The molecule has 1 N–H and O–H groups in total. The number of imidazole rings is 1. The largest absolute Gasteiger partial charge is 0.329 e. The number of likely N-dealkylation sites (N-methyl/N-ethyl adjacent to an activating group) is 2. The Bertz CT molecular complexity index is 631. The van der Waals surface area contributed by atoms with E-state index >= 15 is 0 Å². The van der Waals surface area contributed by atoms with Gasteiger partial charge in [0.25, 0.3) is 0 Å². The van der Waals surface area contributed by atoms with Gasteiger partial charge in [0.1, 0.15) is 0 Å². The third-order valence-corrected chi connectivity index (χ3v) is 4.27. The van der Waals surface area contributed by atoms with E-state index in [0.29, 0.717) is 6.04 Å². The molecule has 0 bridgehead atoms. The Balaban J connectivity index is 1.92. The Morgan fingerprint density at radius 1 is 1.42 bits per heavy atom. The minimum atomic E-state index is 0.498. The van der Waals surface area contributed by atoms with E-state index in [1.165, 1.54) is 0 Å². The van der Waals surface area contributed by atoms with Gasteiger partial charge in [0.2, 0.25) is 0 Å². The number of hydrogen-bond acceptors (Lipinski definition) is 4. The number of nitrogens with one attached hydrogen (secondary N) is 1. The summed E-state index contributed by atoms with van der Waals surface area (Å²) in [4.78, 5) is 12.2. The standard InChI is InChI=1S/C13H19N5S/c1-16-5-6-17(2)10(8-16)9-18-12-3-4-14-7-11(12)15-13(18)19/h3-4,7,10H,5-6,8-9H2,1-2H3,(H,15,19). The molecular formula is C13H19N5S. The van der Waals surface area contributed by atoms with Crippen molar-refractivity contribution in [1.82, 2.24) is 24.3 Å². The first-order valence-corrected chi connectivity index (χ1v) is 6.97. The van der Waals surface area contributed by atoms with E-state index in [1.54, 1.807) is 0 Å². The van der Waals surface area contributed by atoms with E-state index < -0.39 is 0 Å². The van der Waals surface area contributed by atoms with Crippen molar-refractivity contribution >= 4 is 23.3 Å². The molecule has 0 aromatic carbocycles. The quantitative estimate of drug-likeness (QED) is 0.841. The highest BCUT2D eigenvalue weighted by Gasteiger charge is 2.23. The predicted octanol–water partition coefficient (Wildman–Crippen LogP) is 1.34. The minimum Gasteiger partial charge on any atom is -0.329 e. The van der Waals surface area contributed by atoms with Crippen molar-refractivity contribution in [2.75, 3.05) is 33.7 Å². The third-order valence-electron chi connectivity index (χ3n) is 3.95. The number of aromatic amines is 1. The molecule has 0 radical (unpaired) electrons. The number of H-pyrrole nitrogens is 1. The predicted molar refractivity (Wildman–Crippen MR) is 78.8 cm³/mol. The van der Waals surface area contributed by atoms with Crippen molar-refractivity contribution < 1.29 is 0 Å². The Morgan fingerprint density at radius 3 is 3.11 bits per heavy atom. The second-order valence-corrected chi connectivity index (χ2v) is 5.72. The van der Waals surface area contributed by atoms with Gasteiger partial charge in [0, 0.05) is 38.4 Å². The molecule has 1 unspecified atom stereocenters. The molecule has 1 aliphatic heterocycles. The van der Waals surface area contributed by atoms with Crippen LogP contribution in [0.5, 0.6) is 0 Å². The van der Waals surface area contributed by atoms with Crippen LogP contribution >= 0.6 is 12.2 Å². The number of nitrogens with zero attached hydrogens (tertiary/aromatic N) is 4. The van der Waals surface area contributed by atoms with Gasteiger partial charge in [-0.05, 0) is 32.4 Å². The van der Waals surface area contributed by atoms with E-state index in [9.17, 15) is 0 Å². The molecule has 1 aliphatic rings. The second-order valence-electron chi connectivity index (χ2n) is 5.33. The fourth-order valence-corrected chi connectivity index (χ4v) is 2.98. The van der Waals surface area contributed by atoms with Gasteiger partial charge in [-0.15, -0.1) is 0 Å². The minimum absolute atomic E-state index is 0.498. The third kappa shape index (κ3) is 2.43. The van der Waals surface area contributed by atoms with Crippen molar-refractivity contribution in [3.8, 4) is 0 Å². The first-order valence-electron chi connectivity index (χ1n) is 6.56. The molecule has 5 nitrogen and oxygen atoms in total. The molecule has 3 heterocycles. The van der Waals surface area contributed by atoms with E-state index in [1.807, 2.05) is 18.5 Å². The van der Waals surface area contributed by atoms with Crippen molar-refractivity contribution in [3.63, 3.8) is 0 Å². The van der Waals surface area contributed by atoms with Gasteiger partial charge in [0.15, 0.2) is 4.77 Å². The maximum absolute atomic E-state index is 5.44. The smallest absolute Gasteiger partial charge is 0.178 e. The van der Waals surface area contributed by atoms with Gasteiger partial charge in [-0.25, -0.2) is 0 Å². The lowest BCUT2D eigenvalue weighted by Crippen LogP contribution is -2.51. The fourth-order valence-electron chi connectivity index (χ4n) is 2.70. The molecule has 0 spiro atoms. The van der Waals surface area contributed by atoms with Gasteiger partial charge >= 0.3 is 0 Å². The average Bonchev–Trinajstić information content (AvgIpc) is 2.71. The second kappa shape index (κ2) is 5.03. The molecule has 1 saturated heterocycles. The maximum atomic E-state index is 5.44. The summed E-state index contributed by atoms with van der Waals surface area (Å²) < 4.78 is 2.97. The van der Waals surface area contributed by atoms with E-state index in [-0.39, 0.29) is 0 Å². The molecule has 102 valence electrons. The molecule has 1 atom stereocenters. The Labute approximate surface area is 117 Å². The van der Waals surface area contributed by atoms with Crippen LogP contribution < -0.4 is 0 Å². The number of pyridine rings is 1. The Kier molecular flexibility index (Phi) is 3.38. The zero-order valence-corrected chi connectivity index (χ0v) is 12.2. The summed E-state index contributed by atoms with van der Waals surface area (Å²) in [6, 6.07) is 2.52. The number of rotatable bonds is 2. The summed E-state index contributed by atoms with van der Waals surface area (Å²) in [5, 5.41) is 0. The molecule has 3 rings (SSSR count). The van der Waals surface area contributed by atoms with Crippen LogP contribution in [0.2, 0.25) is 0 Å². The molecule has 0 saturated carbocycles. The normalized spacial score (nSPS) is 22.1. The van der Waals surface area contributed by atoms with Gasteiger partial charge < -0.3 is 14.5 Å². The monoisotopic (exact) mass is 277 g/mol. The Morgan fingerprint density at radius 2 is 2.26 bits per heavy atom. The zero-order valence-electron chi connectivity index (χ0n) is 11.3. The summed E-state index contributed by atoms with van der Waals surface area (Å²) in [5.74, 6) is 0. The van der Waals surface area contributed by atoms with Crippen molar-refractivity contribution in [2.45, 2.75) is 12.6 Å². The fraction of sp³-hybridized carbons (Fsp3) is 0.538. The molecule has 1 fully saturated rings. The van der Waals surface area contributed by atoms with Crippen LogP contribution in [0.15, 0.2) is 18.5 Å². The number of aromatic nitrogens is 3. The maximum Gasteiger partial charge on any atom is 0.178 e. The van der Waals surface area contributed by atoms with Crippen LogP contribution in [0.3, 0.4) is 0 Å². The first-order chi connectivity index (χ1) is 9.15. The molecule has 0 amide bonds. The molecule has 6 heteroatoms. The highest BCUT2D eigenvalue weighted by atomic mass is 32.1. The van der Waals surface area contributed by atoms with E-state index in [2.05, 4.69) is 38.4 Å². The number of hydrogen-bond donors (Lipinski definition) is 1. The molecule has 0 aliphatic carbocycles. The zero-order chi connectivity index (χ0) is 13.4. The molecule has 2 aromatic rings. The van der Waals surface area contributed by atoms with Crippen LogP contribution in [0.25, 0.3) is 11.0 Å². The van der Waals surface area contributed by atoms with Gasteiger partial charge in [-0.1, -0.05) is 0 Å². The first kappa shape index (κ1) is 12.8. The number of fused-ring (bicyclic) bond motifs is 1. The Hall–Kier alpha value is -1.24. The van der Waals surface area contributed by atoms with E-state index in [0.717, 1.165) is 42.0 Å². The summed E-state index contributed by atoms with van der Waals surface area (Å²) in [7, 11) is 4.37. The lowest BCUT2D eigenvalue weighted by molar-refractivity contribution is 0.103. The molecular weight excluding hydrogens is 258 g/mol. The van der Waals surface area contributed by atoms with Crippen LogP contribution in [0.4, 0.5) is 0 Å². The van der Waals surface area contributed by atoms with Crippen molar-refractivity contribution in [2.24, 2.45) is 0 Å².